The Morgan fingerprint density at radius 2 is 1.90 bits per heavy atom. The van der Waals surface area contributed by atoms with Crippen LogP contribution in [-0.4, -0.2) is 37.1 Å². The van der Waals surface area contributed by atoms with Crippen molar-refractivity contribution in [3.63, 3.8) is 0 Å². The minimum absolute atomic E-state index is 0. The van der Waals surface area contributed by atoms with E-state index in [1.165, 1.54) is 6.07 Å². The number of benzene rings is 1. The first-order chi connectivity index (χ1) is 9.08. The zero-order valence-electron chi connectivity index (χ0n) is 11.6. The molecule has 2 N–H and O–H groups in total. The number of rotatable bonds is 6. The van der Waals surface area contributed by atoms with E-state index in [0.717, 1.165) is 25.2 Å². The summed E-state index contributed by atoms with van der Waals surface area (Å²) in [6.07, 6.45) is 0. The summed E-state index contributed by atoms with van der Waals surface area (Å²) in [6.45, 7) is 6.17. The Balaban J connectivity index is 0.00000361. The second-order valence-corrected chi connectivity index (χ2v) is 3.84. The lowest BCUT2D eigenvalue weighted by Crippen LogP contribution is -2.37. The van der Waals surface area contributed by atoms with Gasteiger partial charge < -0.3 is 15.4 Å². The summed E-state index contributed by atoms with van der Waals surface area (Å²) in [5, 5.41) is 0. The van der Waals surface area contributed by atoms with E-state index >= 15 is 0 Å². The molecule has 0 aliphatic heterocycles. The normalized spacial score (nSPS) is 10.9. The largest absolute Gasteiger partial charge is 0.492 e. The highest BCUT2D eigenvalue weighted by atomic mass is 127. The van der Waals surface area contributed by atoms with Crippen molar-refractivity contribution in [1.82, 2.24) is 4.90 Å². The van der Waals surface area contributed by atoms with Crippen molar-refractivity contribution in [2.45, 2.75) is 13.8 Å². The molecule has 0 aliphatic carbocycles. The molecule has 0 unspecified atom stereocenters. The second-order valence-electron chi connectivity index (χ2n) is 3.84. The number of halogens is 3. The number of hydrogen-bond donors (Lipinski definition) is 1. The van der Waals surface area contributed by atoms with E-state index in [1.807, 2.05) is 18.7 Å². The van der Waals surface area contributed by atoms with Gasteiger partial charge in [0.1, 0.15) is 12.4 Å². The van der Waals surface area contributed by atoms with Crippen LogP contribution in [0.3, 0.4) is 0 Å². The van der Waals surface area contributed by atoms with Crippen LogP contribution in [0.15, 0.2) is 23.2 Å². The van der Waals surface area contributed by atoms with Crippen LogP contribution in [0.5, 0.6) is 5.75 Å². The van der Waals surface area contributed by atoms with E-state index < -0.39 is 11.6 Å². The Morgan fingerprint density at radius 3 is 2.45 bits per heavy atom. The Kier molecular flexibility index (Phi) is 9.19. The highest BCUT2D eigenvalue weighted by Gasteiger charge is 2.03. The molecule has 0 radical (unpaired) electrons. The van der Waals surface area contributed by atoms with Gasteiger partial charge in [0.05, 0.1) is 6.54 Å². The van der Waals surface area contributed by atoms with Crippen LogP contribution in [0.2, 0.25) is 0 Å². The summed E-state index contributed by atoms with van der Waals surface area (Å²) in [5.74, 6) is -1.09. The first-order valence-corrected chi connectivity index (χ1v) is 6.21. The van der Waals surface area contributed by atoms with Crippen LogP contribution in [0, 0.1) is 11.6 Å². The quantitative estimate of drug-likeness (QED) is 0.346. The summed E-state index contributed by atoms with van der Waals surface area (Å²) in [5.41, 5.74) is 5.77. The van der Waals surface area contributed by atoms with Gasteiger partial charge >= 0.3 is 0 Å². The Hall–Kier alpha value is -1.12. The van der Waals surface area contributed by atoms with Gasteiger partial charge in [-0.25, -0.2) is 13.8 Å². The van der Waals surface area contributed by atoms with Gasteiger partial charge in [-0.3, -0.25) is 0 Å². The smallest absolute Gasteiger partial charge is 0.191 e. The average molecular weight is 399 g/mol. The van der Waals surface area contributed by atoms with E-state index in [0.29, 0.717) is 12.5 Å². The van der Waals surface area contributed by atoms with Gasteiger partial charge in [0, 0.05) is 19.2 Å². The first-order valence-electron chi connectivity index (χ1n) is 6.21. The van der Waals surface area contributed by atoms with E-state index in [9.17, 15) is 8.78 Å². The van der Waals surface area contributed by atoms with E-state index in [1.54, 1.807) is 0 Å². The molecule has 7 heteroatoms. The molecule has 0 saturated heterocycles. The highest BCUT2D eigenvalue weighted by Crippen LogP contribution is 2.15. The van der Waals surface area contributed by atoms with Crippen LogP contribution in [0.1, 0.15) is 13.8 Å². The third kappa shape index (κ3) is 5.89. The SMILES string of the molecule is CCN(CC)C(N)=NCCOc1ccc(F)c(F)c1.I. The van der Waals surface area contributed by atoms with Crippen molar-refractivity contribution < 1.29 is 13.5 Å². The lowest BCUT2D eigenvalue weighted by atomic mass is 10.3. The Bertz CT molecular complexity index is 440. The molecule has 0 aliphatic rings. The number of aliphatic imine (C=N–C) groups is 1. The van der Waals surface area contributed by atoms with Crippen molar-refractivity contribution >= 4 is 29.9 Å². The third-order valence-corrected chi connectivity index (χ3v) is 2.61. The van der Waals surface area contributed by atoms with Gasteiger partial charge in [-0.1, -0.05) is 0 Å². The van der Waals surface area contributed by atoms with Crippen molar-refractivity contribution in [1.29, 1.82) is 0 Å². The molecule has 0 aromatic heterocycles. The molecule has 0 amide bonds. The zero-order valence-corrected chi connectivity index (χ0v) is 13.9. The topological polar surface area (TPSA) is 50.8 Å². The summed E-state index contributed by atoms with van der Waals surface area (Å²) in [7, 11) is 0. The Morgan fingerprint density at radius 1 is 1.25 bits per heavy atom. The predicted octanol–water partition coefficient (Wildman–Crippen LogP) is 2.62. The maximum absolute atomic E-state index is 12.9. The fourth-order valence-electron chi connectivity index (χ4n) is 1.54. The molecule has 1 aromatic carbocycles. The number of hydrogen-bond acceptors (Lipinski definition) is 2. The number of nitrogens with zero attached hydrogens (tertiary/aromatic N) is 2. The van der Waals surface area contributed by atoms with Crippen LogP contribution >= 0.6 is 24.0 Å². The van der Waals surface area contributed by atoms with Crippen LogP contribution in [-0.2, 0) is 0 Å². The molecule has 4 nitrogen and oxygen atoms in total. The fraction of sp³-hybridized carbons (Fsp3) is 0.462. The molecule has 1 aromatic rings. The lowest BCUT2D eigenvalue weighted by molar-refractivity contribution is 0.324. The summed E-state index contributed by atoms with van der Waals surface area (Å²) < 4.78 is 30.8. The molecular weight excluding hydrogens is 379 g/mol. The maximum Gasteiger partial charge on any atom is 0.191 e. The maximum atomic E-state index is 12.9. The van der Waals surface area contributed by atoms with Gasteiger partial charge in [0.25, 0.3) is 0 Å². The summed E-state index contributed by atoms with van der Waals surface area (Å²) >= 11 is 0. The van der Waals surface area contributed by atoms with Crippen molar-refractivity contribution in [2.24, 2.45) is 10.7 Å². The predicted molar refractivity (Wildman–Crippen MR) is 86.7 cm³/mol. The van der Waals surface area contributed by atoms with Gasteiger partial charge in [-0.05, 0) is 26.0 Å². The molecule has 1 rings (SSSR count). The monoisotopic (exact) mass is 399 g/mol. The van der Waals surface area contributed by atoms with Gasteiger partial charge in [0.2, 0.25) is 0 Å². The molecule has 0 atom stereocenters. The molecule has 0 bridgehead atoms. The van der Waals surface area contributed by atoms with Gasteiger partial charge in [-0.2, -0.15) is 0 Å². The number of ether oxygens (including phenoxy) is 1. The average Bonchev–Trinajstić information content (AvgIpc) is 2.40. The van der Waals surface area contributed by atoms with E-state index in [-0.39, 0.29) is 36.3 Å². The minimum atomic E-state index is -0.927. The minimum Gasteiger partial charge on any atom is -0.492 e. The molecule has 0 heterocycles. The van der Waals surface area contributed by atoms with Gasteiger partial charge in [-0.15, -0.1) is 24.0 Å². The second kappa shape index (κ2) is 9.73. The standard InChI is InChI=1S/C13H19F2N3O.HI/c1-3-18(4-2)13(16)17-7-8-19-10-5-6-11(14)12(15)9-10;/h5-6,9H,3-4,7-8H2,1-2H3,(H2,16,17);1H. The zero-order chi connectivity index (χ0) is 14.3. The van der Waals surface area contributed by atoms with Crippen molar-refractivity contribution in [3.8, 4) is 5.75 Å². The van der Waals surface area contributed by atoms with Crippen LogP contribution in [0.4, 0.5) is 8.78 Å². The number of guanidine groups is 1. The Labute approximate surface area is 135 Å². The van der Waals surface area contributed by atoms with E-state index in [2.05, 4.69) is 4.99 Å². The third-order valence-electron chi connectivity index (χ3n) is 2.61. The summed E-state index contributed by atoms with van der Waals surface area (Å²) in [4.78, 5) is 6.06. The number of nitrogens with two attached hydrogens (primary N) is 1. The van der Waals surface area contributed by atoms with E-state index in [4.69, 9.17) is 10.5 Å². The first kappa shape index (κ1) is 18.9. The molecule has 0 saturated carbocycles. The summed E-state index contributed by atoms with van der Waals surface area (Å²) in [6, 6.07) is 3.40. The molecule has 20 heavy (non-hydrogen) atoms. The molecular formula is C13H20F2IN3O. The molecule has 0 spiro atoms. The highest BCUT2D eigenvalue weighted by molar-refractivity contribution is 14.0. The van der Waals surface area contributed by atoms with Crippen molar-refractivity contribution in [2.75, 3.05) is 26.2 Å². The van der Waals surface area contributed by atoms with Gasteiger partial charge in [0.15, 0.2) is 17.6 Å². The lowest BCUT2D eigenvalue weighted by Gasteiger charge is -2.19. The fourth-order valence-corrected chi connectivity index (χ4v) is 1.54. The van der Waals surface area contributed by atoms with Crippen molar-refractivity contribution in [3.05, 3.63) is 29.8 Å². The molecule has 0 fully saturated rings. The van der Waals surface area contributed by atoms with Crippen LogP contribution < -0.4 is 10.5 Å². The van der Waals surface area contributed by atoms with Crippen LogP contribution in [0.25, 0.3) is 0 Å². The molecule has 114 valence electrons.